The maximum atomic E-state index is 9.88. The molecule has 0 aliphatic carbocycles. The van der Waals surface area contributed by atoms with E-state index in [2.05, 4.69) is 6.92 Å². The topological polar surface area (TPSA) is 80.1 Å². The molecular formula is C4H14O3Sn. The van der Waals surface area contributed by atoms with E-state index in [1.807, 2.05) is 0 Å². The fourth-order valence-corrected chi connectivity index (χ4v) is 1.93. The summed E-state index contributed by atoms with van der Waals surface area (Å²) < 4.78 is 10.9. The van der Waals surface area contributed by atoms with Crippen LogP contribution in [0.15, 0.2) is 0 Å². The second kappa shape index (κ2) is 15.6. The van der Waals surface area contributed by atoms with E-state index in [9.17, 15) is 3.08 Å². The van der Waals surface area contributed by atoms with E-state index in [1.165, 1.54) is 12.8 Å². The molecule has 0 radical (unpaired) electrons. The first kappa shape index (κ1) is 15.8. The zero-order chi connectivity index (χ0) is 4.83. The minimum Gasteiger partial charge on any atom is -0.412 e. The first-order chi connectivity index (χ1) is 2.91. The third-order valence-corrected chi connectivity index (χ3v) is 2.51. The van der Waals surface area contributed by atoms with Gasteiger partial charge in [-0.25, -0.2) is 0 Å². The Kier molecular flexibility index (Phi) is 30.9. The quantitative estimate of drug-likeness (QED) is 0.467. The van der Waals surface area contributed by atoms with Crippen LogP contribution in [0.1, 0.15) is 19.8 Å². The Labute approximate surface area is 59.7 Å². The number of hydrogen-bond donors (Lipinski definition) is 0. The summed E-state index contributed by atoms with van der Waals surface area (Å²) in [6.45, 7) is 2.12. The summed E-state index contributed by atoms with van der Waals surface area (Å²) in [5, 5.41) is 0. The minimum absolute atomic E-state index is 0. The van der Waals surface area contributed by atoms with Crippen LogP contribution in [0.4, 0.5) is 0 Å². The van der Waals surface area contributed by atoms with Crippen molar-refractivity contribution in [3.8, 4) is 0 Å². The first-order valence-electron chi connectivity index (χ1n) is 2.35. The van der Waals surface area contributed by atoms with Crippen molar-refractivity contribution in [1.82, 2.24) is 0 Å². The predicted octanol–water partition coefficient (Wildman–Crippen LogP) is -0.663. The van der Waals surface area contributed by atoms with Crippen molar-refractivity contribution in [2.24, 2.45) is 0 Å². The van der Waals surface area contributed by atoms with Gasteiger partial charge >= 0.3 is 48.4 Å². The van der Waals surface area contributed by atoms with E-state index in [1.54, 1.807) is 0 Å². The summed E-state index contributed by atoms with van der Waals surface area (Å²) in [5.41, 5.74) is 0. The van der Waals surface area contributed by atoms with Gasteiger partial charge in [0, 0.05) is 0 Å². The van der Waals surface area contributed by atoms with Crippen molar-refractivity contribution in [3.05, 3.63) is 0 Å². The molecule has 0 bridgehead atoms. The molecule has 3 nitrogen and oxygen atoms in total. The normalized spacial score (nSPS) is 6.12. The van der Waals surface area contributed by atoms with E-state index in [-0.39, 0.29) is 11.0 Å². The van der Waals surface area contributed by atoms with Gasteiger partial charge in [0.15, 0.2) is 0 Å². The van der Waals surface area contributed by atoms with Crippen molar-refractivity contribution in [2.75, 3.05) is 0 Å². The molecule has 0 aliphatic heterocycles. The molecule has 4 heteroatoms. The average molecular weight is 229 g/mol. The summed E-state index contributed by atoms with van der Waals surface area (Å²) in [7, 11) is 0. The van der Waals surface area contributed by atoms with Gasteiger partial charge in [-0.3, -0.25) is 0 Å². The average Bonchev–Trinajstić information content (AvgIpc) is 1.61. The van der Waals surface area contributed by atoms with Gasteiger partial charge in [0.1, 0.15) is 0 Å². The van der Waals surface area contributed by atoms with Gasteiger partial charge in [-0.2, -0.15) is 0 Å². The van der Waals surface area contributed by atoms with Gasteiger partial charge in [0.05, 0.1) is 0 Å². The standard InChI is InChI=1S/C4H9.2H2O.O.Sn.H/c1-3-4-2;;;;;/h1,3-4H2,2H3;2*1H2;;;. The summed E-state index contributed by atoms with van der Waals surface area (Å²) >= 11 is -1.20. The molecule has 8 heavy (non-hydrogen) atoms. The van der Waals surface area contributed by atoms with E-state index < -0.39 is 21.1 Å². The maximum Gasteiger partial charge on any atom is -0.412 e. The molecule has 0 spiro atoms. The number of unbranched alkanes of at least 4 members (excludes halogenated alkanes) is 1. The molecule has 0 aromatic rings. The van der Waals surface area contributed by atoms with E-state index in [0.717, 1.165) is 4.44 Å². The van der Waals surface area contributed by atoms with Gasteiger partial charge in [-0.1, -0.05) is 0 Å². The van der Waals surface area contributed by atoms with Crippen LogP contribution < -0.4 is 0 Å². The molecule has 0 saturated carbocycles. The fraction of sp³-hybridized carbons (Fsp3) is 1.00. The van der Waals surface area contributed by atoms with Crippen LogP contribution in [-0.2, 0) is 3.08 Å². The number of rotatable bonds is 3. The van der Waals surface area contributed by atoms with Gasteiger partial charge in [0.25, 0.3) is 0 Å². The largest absolute Gasteiger partial charge is 0.412 e. The van der Waals surface area contributed by atoms with Crippen molar-refractivity contribution < 1.29 is 14.0 Å². The third-order valence-electron chi connectivity index (χ3n) is 0.676. The molecule has 0 aromatic carbocycles. The molecule has 0 unspecified atom stereocenters. The molecule has 52 valence electrons. The molecule has 0 rings (SSSR count). The molecule has 0 heterocycles. The maximum absolute atomic E-state index is 9.88. The molecule has 4 N–H and O–H groups in total. The number of hydrogen-bond acceptors (Lipinski definition) is 1. The van der Waals surface area contributed by atoms with Crippen molar-refractivity contribution in [3.63, 3.8) is 0 Å². The Morgan fingerprint density at radius 2 is 1.88 bits per heavy atom. The van der Waals surface area contributed by atoms with E-state index in [4.69, 9.17) is 0 Å². The molecule has 0 atom stereocenters. The summed E-state index contributed by atoms with van der Waals surface area (Å²) in [6.07, 6.45) is 2.39. The van der Waals surface area contributed by atoms with Gasteiger partial charge < -0.3 is 11.0 Å². The van der Waals surface area contributed by atoms with Gasteiger partial charge in [0.2, 0.25) is 0 Å². The zero-order valence-electron chi connectivity index (χ0n) is 5.11. The smallest absolute Gasteiger partial charge is 0.412 e. The molecular weight excluding hydrogens is 215 g/mol. The Bertz CT molecular complexity index is 40.3. The fourth-order valence-electron chi connectivity index (χ4n) is 0.287. The minimum atomic E-state index is -1.20. The first-order valence-corrected chi connectivity index (χ1v) is 6.03. The van der Waals surface area contributed by atoms with Crippen LogP contribution in [0.25, 0.3) is 0 Å². The Balaban J connectivity index is -0.000000125. The Hall–Kier alpha value is 0.519. The van der Waals surface area contributed by atoms with Crippen molar-refractivity contribution in [1.29, 1.82) is 0 Å². The van der Waals surface area contributed by atoms with Crippen LogP contribution in [0, 0.1) is 0 Å². The molecule has 0 fully saturated rings. The van der Waals surface area contributed by atoms with Gasteiger partial charge in [-0.05, 0) is 0 Å². The third kappa shape index (κ3) is 16.0. The van der Waals surface area contributed by atoms with Crippen LogP contribution in [0.3, 0.4) is 0 Å². The second-order valence-corrected chi connectivity index (χ2v) is 3.91. The molecule has 0 aromatic heterocycles. The summed E-state index contributed by atoms with van der Waals surface area (Å²) in [6, 6.07) is 0. The summed E-state index contributed by atoms with van der Waals surface area (Å²) in [4.78, 5) is 0. The van der Waals surface area contributed by atoms with Gasteiger partial charge in [-0.15, -0.1) is 0 Å². The van der Waals surface area contributed by atoms with Crippen molar-refractivity contribution >= 4 is 21.1 Å². The predicted molar refractivity (Wildman–Crippen MR) is 34.8 cm³/mol. The van der Waals surface area contributed by atoms with Crippen molar-refractivity contribution in [2.45, 2.75) is 24.2 Å². The monoisotopic (exact) mass is 230 g/mol. The van der Waals surface area contributed by atoms with Crippen LogP contribution in [0.2, 0.25) is 4.44 Å². The van der Waals surface area contributed by atoms with Crippen LogP contribution in [0.5, 0.6) is 0 Å². The van der Waals surface area contributed by atoms with E-state index in [0.29, 0.717) is 0 Å². The molecule has 0 amide bonds. The summed E-state index contributed by atoms with van der Waals surface area (Å²) in [5.74, 6) is 0. The van der Waals surface area contributed by atoms with Crippen LogP contribution in [-0.4, -0.2) is 32.1 Å². The second-order valence-electron chi connectivity index (χ2n) is 1.31. The Morgan fingerprint density at radius 1 is 1.38 bits per heavy atom. The zero-order valence-corrected chi connectivity index (χ0v) is 8.40. The molecule has 0 saturated heterocycles. The van der Waals surface area contributed by atoms with E-state index >= 15 is 0 Å². The SMILES string of the molecule is CCC[CH2][SnH]=[O].O.O. The van der Waals surface area contributed by atoms with Crippen LogP contribution >= 0.6 is 0 Å². The Morgan fingerprint density at radius 3 is 2.00 bits per heavy atom. The molecule has 0 aliphatic rings.